The zero-order chi connectivity index (χ0) is 11.8. The minimum absolute atomic E-state index is 0.0168. The van der Waals surface area contributed by atoms with Crippen molar-refractivity contribution in [3.63, 3.8) is 0 Å². The molecule has 1 rings (SSSR count). The summed E-state index contributed by atoms with van der Waals surface area (Å²) in [5, 5.41) is 17.5. The Morgan fingerprint density at radius 3 is 2.75 bits per heavy atom. The summed E-state index contributed by atoms with van der Waals surface area (Å²) in [5.74, 6) is 0.701. The summed E-state index contributed by atoms with van der Waals surface area (Å²) in [4.78, 5) is 4.02. The van der Waals surface area contributed by atoms with Crippen LogP contribution in [0.2, 0.25) is 0 Å². The number of aliphatic hydroxyl groups excluding tert-OH is 2. The second-order valence-corrected chi connectivity index (χ2v) is 3.22. The SMILES string of the molecule is Cc1c(OCCOCCO)ccnc1CO. The van der Waals surface area contributed by atoms with Crippen LogP contribution in [0.5, 0.6) is 5.75 Å². The van der Waals surface area contributed by atoms with E-state index in [2.05, 4.69) is 4.98 Å². The first-order chi connectivity index (χ1) is 7.79. The van der Waals surface area contributed by atoms with Gasteiger partial charge in [-0.3, -0.25) is 4.98 Å². The lowest BCUT2D eigenvalue weighted by molar-refractivity contribution is 0.0703. The number of hydrogen-bond donors (Lipinski definition) is 2. The summed E-state index contributed by atoms with van der Waals surface area (Å²) in [6, 6.07) is 1.75. The summed E-state index contributed by atoms with van der Waals surface area (Å²) < 4.78 is 10.5. The Bertz CT molecular complexity index is 317. The summed E-state index contributed by atoms with van der Waals surface area (Å²) in [5.41, 5.74) is 1.46. The van der Waals surface area contributed by atoms with E-state index in [1.54, 1.807) is 12.3 Å². The van der Waals surface area contributed by atoms with Crippen LogP contribution in [-0.4, -0.2) is 41.6 Å². The molecule has 1 aromatic rings. The number of ether oxygens (including phenoxy) is 2. The van der Waals surface area contributed by atoms with Gasteiger partial charge in [0, 0.05) is 11.8 Å². The highest BCUT2D eigenvalue weighted by Crippen LogP contribution is 2.19. The third-order valence-electron chi connectivity index (χ3n) is 2.13. The molecule has 0 radical (unpaired) electrons. The van der Waals surface area contributed by atoms with Crippen molar-refractivity contribution in [3.8, 4) is 5.75 Å². The lowest BCUT2D eigenvalue weighted by Gasteiger charge is -2.10. The molecule has 0 bridgehead atoms. The topological polar surface area (TPSA) is 71.8 Å². The van der Waals surface area contributed by atoms with Gasteiger partial charge >= 0.3 is 0 Å². The molecule has 0 aliphatic carbocycles. The van der Waals surface area contributed by atoms with E-state index in [0.29, 0.717) is 31.3 Å². The van der Waals surface area contributed by atoms with E-state index in [0.717, 1.165) is 5.56 Å². The molecule has 2 N–H and O–H groups in total. The standard InChI is InChI=1S/C11H17NO4/c1-9-10(8-14)12-3-2-11(9)16-7-6-15-5-4-13/h2-3,13-14H,4-8H2,1H3. The average molecular weight is 227 g/mol. The van der Waals surface area contributed by atoms with E-state index >= 15 is 0 Å². The smallest absolute Gasteiger partial charge is 0.125 e. The molecule has 1 heterocycles. The fourth-order valence-corrected chi connectivity index (χ4v) is 1.25. The van der Waals surface area contributed by atoms with Gasteiger partial charge in [0.1, 0.15) is 12.4 Å². The van der Waals surface area contributed by atoms with Crippen LogP contribution in [0.15, 0.2) is 12.3 Å². The molecule has 0 amide bonds. The van der Waals surface area contributed by atoms with Gasteiger partial charge in [-0.2, -0.15) is 0 Å². The molecule has 0 aliphatic rings. The van der Waals surface area contributed by atoms with Crippen LogP contribution in [0.25, 0.3) is 0 Å². The second kappa shape index (κ2) is 7.16. The third kappa shape index (κ3) is 3.77. The van der Waals surface area contributed by atoms with Gasteiger partial charge in [-0.15, -0.1) is 0 Å². The number of hydrogen-bond acceptors (Lipinski definition) is 5. The molecule has 0 saturated heterocycles. The molecule has 0 fully saturated rings. The van der Waals surface area contributed by atoms with Gasteiger partial charge in [0.2, 0.25) is 0 Å². The van der Waals surface area contributed by atoms with E-state index in [9.17, 15) is 0 Å². The number of aromatic nitrogens is 1. The largest absolute Gasteiger partial charge is 0.491 e. The minimum atomic E-state index is -0.0932. The number of aliphatic hydroxyl groups is 2. The third-order valence-corrected chi connectivity index (χ3v) is 2.13. The molecule has 16 heavy (non-hydrogen) atoms. The van der Waals surface area contributed by atoms with Gasteiger partial charge in [0.15, 0.2) is 0 Å². The molecule has 0 saturated carbocycles. The average Bonchev–Trinajstić information content (AvgIpc) is 2.31. The Balaban J connectivity index is 2.41. The summed E-state index contributed by atoms with van der Waals surface area (Å²) in [6.07, 6.45) is 1.60. The summed E-state index contributed by atoms with van der Waals surface area (Å²) in [6.45, 7) is 2.93. The van der Waals surface area contributed by atoms with Crippen molar-refractivity contribution in [2.24, 2.45) is 0 Å². The van der Waals surface area contributed by atoms with Crippen LogP contribution >= 0.6 is 0 Å². The first kappa shape index (κ1) is 12.9. The molecule has 0 aromatic carbocycles. The predicted octanol–water partition coefficient (Wildman–Crippen LogP) is 0.270. The zero-order valence-corrected chi connectivity index (χ0v) is 9.35. The Kier molecular flexibility index (Phi) is 5.77. The first-order valence-corrected chi connectivity index (χ1v) is 5.16. The van der Waals surface area contributed by atoms with Crippen molar-refractivity contribution in [2.45, 2.75) is 13.5 Å². The van der Waals surface area contributed by atoms with Crippen molar-refractivity contribution in [2.75, 3.05) is 26.4 Å². The van der Waals surface area contributed by atoms with Crippen LogP contribution < -0.4 is 4.74 Å². The van der Waals surface area contributed by atoms with Gasteiger partial charge in [0.25, 0.3) is 0 Å². The molecular weight excluding hydrogens is 210 g/mol. The number of rotatable bonds is 7. The quantitative estimate of drug-likeness (QED) is 0.654. The molecule has 0 unspecified atom stereocenters. The lowest BCUT2D eigenvalue weighted by atomic mass is 10.2. The van der Waals surface area contributed by atoms with Crippen molar-refractivity contribution >= 4 is 0 Å². The fraction of sp³-hybridized carbons (Fsp3) is 0.545. The molecule has 0 spiro atoms. The monoisotopic (exact) mass is 227 g/mol. The highest BCUT2D eigenvalue weighted by atomic mass is 16.5. The Morgan fingerprint density at radius 1 is 1.25 bits per heavy atom. The highest BCUT2D eigenvalue weighted by Gasteiger charge is 2.04. The highest BCUT2D eigenvalue weighted by molar-refractivity contribution is 5.34. The van der Waals surface area contributed by atoms with E-state index in [1.165, 1.54) is 0 Å². The molecule has 90 valence electrons. The molecular formula is C11H17NO4. The van der Waals surface area contributed by atoms with Crippen LogP contribution in [0.3, 0.4) is 0 Å². The minimum Gasteiger partial charge on any atom is -0.491 e. The second-order valence-electron chi connectivity index (χ2n) is 3.22. The van der Waals surface area contributed by atoms with Crippen LogP contribution in [-0.2, 0) is 11.3 Å². The van der Waals surface area contributed by atoms with Gasteiger partial charge in [-0.25, -0.2) is 0 Å². The van der Waals surface area contributed by atoms with Crippen molar-refractivity contribution in [1.29, 1.82) is 0 Å². The predicted molar refractivity (Wildman–Crippen MR) is 58.3 cm³/mol. The van der Waals surface area contributed by atoms with Crippen LogP contribution in [0.4, 0.5) is 0 Å². The summed E-state index contributed by atoms with van der Waals surface area (Å²) >= 11 is 0. The van der Waals surface area contributed by atoms with E-state index < -0.39 is 0 Å². The molecule has 5 nitrogen and oxygen atoms in total. The van der Waals surface area contributed by atoms with Gasteiger partial charge < -0.3 is 19.7 Å². The Hall–Kier alpha value is -1.17. The molecule has 0 atom stereocenters. The van der Waals surface area contributed by atoms with Crippen molar-refractivity contribution in [3.05, 3.63) is 23.5 Å². The maximum absolute atomic E-state index is 9.01. The van der Waals surface area contributed by atoms with Gasteiger partial charge in [0.05, 0.1) is 32.1 Å². The van der Waals surface area contributed by atoms with E-state index in [4.69, 9.17) is 19.7 Å². The molecule has 1 aromatic heterocycles. The molecule has 0 aliphatic heterocycles. The van der Waals surface area contributed by atoms with Crippen molar-refractivity contribution < 1.29 is 19.7 Å². The normalized spacial score (nSPS) is 10.4. The maximum atomic E-state index is 9.01. The van der Waals surface area contributed by atoms with Crippen LogP contribution in [0.1, 0.15) is 11.3 Å². The number of pyridine rings is 1. The number of nitrogens with zero attached hydrogens (tertiary/aromatic N) is 1. The fourth-order valence-electron chi connectivity index (χ4n) is 1.25. The maximum Gasteiger partial charge on any atom is 0.125 e. The molecule has 5 heteroatoms. The zero-order valence-electron chi connectivity index (χ0n) is 9.35. The Morgan fingerprint density at radius 2 is 2.06 bits per heavy atom. The van der Waals surface area contributed by atoms with Crippen LogP contribution in [0, 0.1) is 6.92 Å². The van der Waals surface area contributed by atoms with E-state index in [-0.39, 0.29) is 13.2 Å². The van der Waals surface area contributed by atoms with Crippen molar-refractivity contribution in [1.82, 2.24) is 4.98 Å². The Labute approximate surface area is 94.7 Å². The summed E-state index contributed by atoms with van der Waals surface area (Å²) in [7, 11) is 0. The van der Waals surface area contributed by atoms with E-state index in [1.807, 2.05) is 6.92 Å². The van der Waals surface area contributed by atoms with Gasteiger partial charge in [-0.1, -0.05) is 0 Å². The first-order valence-electron chi connectivity index (χ1n) is 5.16. The lowest BCUT2D eigenvalue weighted by Crippen LogP contribution is -2.10. The van der Waals surface area contributed by atoms with Gasteiger partial charge in [-0.05, 0) is 13.0 Å².